The molecule has 1 saturated heterocycles. The molecule has 2 heterocycles. The van der Waals surface area contributed by atoms with Crippen molar-refractivity contribution in [1.82, 2.24) is 5.32 Å². The molecule has 2 heteroatoms. The Morgan fingerprint density at radius 3 is 2.65 bits per heavy atom. The van der Waals surface area contributed by atoms with E-state index in [1.54, 1.807) is 0 Å². The van der Waals surface area contributed by atoms with E-state index < -0.39 is 0 Å². The zero-order chi connectivity index (χ0) is 11.7. The zero-order valence-corrected chi connectivity index (χ0v) is 10.1. The molecule has 1 N–H and O–H groups in total. The second-order valence-corrected chi connectivity index (χ2v) is 4.76. The second kappa shape index (κ2) is 4.38. The molecule has 1 aliphatic rings. The summed E-state index contributed by atoms with van der Waals surface area (Å²) < 4.78 is 5.95. The lowest BCUT2D eigenvalue weighted by atomic mass is 10.1. The van der Waals surface area contributed by atoms with Crippen LogP contribution in [0.25, 0.3) is 11.3 Å². The number of nitrogens with one attached hydrogen (secondary N) is 1. The van der Waals surface area contributed by atoms with Crippen molar-refractivity contribution in [3.8, 4) is 11.3 Å². The Labute approximate surface area is 102 Å². The topological polar surface area (TPSA) is 25.2 Å². The quantitative estimate of drug-likeness (QED) is 0.851. The minimum atomic E-state index is 0.550. The lowest BCUT2D eigenvalue weighted by Crippen LogP contribution is -2.07. The molecule has 0 bridgehead atoms. The number of rotatable bonds is 2. The van der Waals surface area contributed by atoms with Crippen molar-refractivity contribution in [2.75, 3.05) is 13.1 Å². The number of aryl methyl sites for hydroxylation is 1. The summed E-state index contributed by atoms with van der Waals surface area (Å²) in [6.07, 6.45) is 1.18. The number of hydrogen-bond acceptors (Lipinski definition) is 2. The Hall–Kier alpha value is -1.54. The van der Waals surface area contributed by atoms with E-state index in [0.29, 0.717) is 5.92 Å². The predicted molar refractivity (Wildman–Crippen MR) is 69.1 cm³/mol. The van der Waals surface area contributed by atoms with Crippen LogP contribution in [0.3, 0.4) is 0 Å². The van der Waals surface area contributed by atoms with Crippen molar-refractivity contribution in [2.24, 2.45) is 0 Å². The molecule has 2 aromatic rings. The molecule has 0 radical (unpaired) electrons. The highest BCUT2D eigenvalue weighted by atomic mass is 16.3. The Morgan fingerprint density at radius 2 is 1.94 bits per heavy atom. The maximum absolute atomic E-state index is 5.95. The first-order valence-electron chi connectivity index (χ1n) is 6.20. The molecule has 1 fully saturated rings. The molecule has 17 heavy (non-hydrogen) atoms. The monoisotopic (exact) mass is 227 g/mol. The predicted octanol–water partition coefficient (Wildman–Crippen LogP) is 3.33. The molecule has 1 aliphatic heterocycles. The fraction of sp³-hybridized carbons (Fsp3) is 0.333. The second-order valence-electron chi connectivity index (χ2n) is 4.76. The lowest BCUT2D eigenvalue weighted by Gasteiger charge is -2.03. The van der Waals surface area contributed by atoms with Gasteiger partial charge in [0.2, 0.25) is 0 Å². The Morgan fingerprint density at radius 1 is 1.12 bits per heavy atom. The molecule has 88 valence electrons. The number of benzene rings is 1. The largest absolute Gasteiger partial charge is 0.461 e. The molecule has 2 nitrogen and oxygen atoms in total. The Balaban J connectivity index is 1.86. The van der Waals surface area contributed by atoms with Crippen LogP contribution in [0.15, 0.2) is 40.8 Å². The fourth-order valence-electron chi connectivity index (χ4n) is 2.34. The lowest BCUT2D eigenvalue weighted by molar-refractivity contribution is 0.484. The van der Waals surface area contributed by atoms with E-state index in [9.17, 15) is 0 Å². The Kier molecular flexibility index (Phi) is 2.73. The minimum Gasteiger partial charge on any atom is -0.461 e. The molecular formula is C15H17NO. The van der Waals surface area contributed by atoms with Gasteiger partial charge in [-0.15, -0.1) is 0 Å². The van der Waals surface area contributed by atoms with Crippen LogP contribution in [-0.2, 0) is 0 Å². The van der Waals surface area contributed by atoms with Crippen LogP contribution in [0.4, 0.5) is 0 Å². The van der Waals surface area contributed by atoms with Crippen LogP contribution >= 0.6 is 0 Å². The smallest absolute Gasteiger partial charge is 0.134 e. The third kappa shape index (κ3) is 2.13. The molecule has 0 spiro atoms. The van der Waals surface area contributed by atoms with Crippen LogP contribution in [0, 0.1) is 6.92 Å². The van der Waals surface area contributed by atoms with Gasteiger partial charge in [0.05, 0.1) is 0 Å². The van der Waals surface area contributed by atoms with Crippen molar-refractivity contribution >= 4 is 0 Å². The summed E-state index contributed by atoms with van der Waals surface area (Å²) in [5.41, 5.74) is 2.44. The molecule has 0 aliphatic carbocycles. The Bertz CT molecular complexity index is 492. The first kappa shape index (κ1) is 10.6. The number of hydrogen-bond donors (Lipinski definition) is 1. The van der Waals surface area contributed by atoms with Crippen molar-refractivity contribution in [2.45, 2.75) is 19.3 Å². The van der Waals surface area contributed by atoms with Gasteiger partial charge in [0.15, 0.2) is 0 Å². The van der Waals surface area contributed by atoms with Gasteiger partial charge in [0, 0.05) is 18.0 Å². The van der Waals surface area contributed by atoms with E-state index in [0.717, 1.165) is 30.2 Å². The average molecular weight is 227 g/mol. The summed E-state index contributed by atoms with van der Waals surface area (Å²) in [7, 11) is 0. The van der Waals surface area contributed by atoms with Crippen LogP contribution in [0.2, 0.25) is 0 Å². The van der Waals surface area contributed by atoms with Crippen molar-refractivity contribution in [3.05, 3.63) is 47.7 Å². The molecule has 0 saturated carbocycles. The molecule has 1 unspecified atom stereocenters. The number of furan rings is 1. The summed E-state index contributed by atoms with van der Waals surface area (Å²) in [5.74, 6) is 2.65. The van der Waals surface area contributed by atoms with E-state index in [-0.39, 0.29) is 0 Å². The summed E-state index contributed by atoms with van der Waals surface area (Å²) in [6.45, 7) is 4.24. The van der Waals surface area contributed by atoms with Crippen LogP contribution in [0.5, 0.6) is 0 Å². The molecule has 0 amide bonds. The van der Waals surface area contributed by atoms with E-state index in [1.807, 2.05) is 0 Å². The summed E-state index contributed by atoms with van der Waals surface area (Å²) in [4.78, 5) is 0. The fourth-order valence-corrected chi connectivity index (χ4v) is 2.34. The highest BCUT2D eigenvalue weighted by Gasteiger charge is 2.19. The van der Waals surface area contributed by atoms with Gasteiger partial charge in [-0.3, -0.25) is 0 Å². The van der Waals surface area contributed by atoms with Crippen molar-refractivity contribution in [1.29, 1.82) is 0 Å². The normalized spacial score (nSPS) is 19.7. The zero-order valence-electron chi connectivity index (χ0n) is 10.1. The van der Waals surface area contributed by atoms with Gasteiger partial charge in [-0.25, -0.2) is 0 Å². The average Bonchev–Trinajstić information content (AvgIpc) is 3.00. The minimum absolute atomic E-state index is 0.550. The van der Waals surface area contributed by atoms with E-state index in [4.69, 9.17) is 4.42 Å². The SMILES string of the molecule is Cc1ccc(-c2ccc(C3CCNC3)o2)cc1. The maximum Gasteiger partial charge on any atom is 0.134 e. The van der Waals surface area contributed by atoms with Crippen LogP contribution in [-0.4, -0.2) is 13.1 Å². The standard InChI is InChI=1S/C15H17NO/c1-11-2-4-12(5-3-11)14-6-7-15(17-14)13-8-9-16-10-13/h2-7,13,16H,8-10H2,1H3. The highest BCUT2D eigenvalue weighted by molar-refractivity contribution is 5.58. The molecule has 1 aromatic carbocycles. The summed E-state index contributed by atoms with van der Waals surface area (Å²) >= 11 is 0. The van der Waals surface area contributed by atoms with Gasteiger partial charge in [-0.2, -0.15) is 0 Å². The molecular weight excluding hydrogens is 210 g/mol. The summed E-state index contributed by atoms with van der Waals surface area (Å²) in [5, 5.41) is 3.37. The molecule has 1 atom stereocenters. The van der Waals surface area contributed by atoms with Gasteiger partial charge >= 0.3 is 0 Å². The third-order valence-electron chi connectivity index (χ3n) is 3.43. The van der Waals surface area contributed by atoms with Gasteiger partial charge < -0.3 is 9.73 Å². The van der Waals surface area contributed by atoms with E-state index >= 15 is 0 Å². The van der Waals surface area contributed by atoms with Gasteiger partial charge in [0.1, 0.15) is 11.5 Å². The van der Waals surface area contributed by atoms with Gasteiger partial charge in [-0.1, -0.05) is 29.8 Å². The van der Waals surface area contributed by atoms with Crippen molar-refractivity contribution < 1.29 is 4.42 Å². The summed E-state index contributed by atoms with van der Waals surface area (Å²) in [6, 6.07) is 12.7. The molecule has 1 aromatic heterocycles. The van der Waals surface area contributed by atoms with Crippen LogP contribution < -0.4 is 5.32 Å². The van der Waals surface area contributed by atoms with Crippen LogP contribution in [0.1, 0.15) is 23.7 Å². The highest BCUT2D eigenvalue weighted by Crippen LogP contribution is 2.29. The first-order valence-corrected chi connectivity index (χ1v) is 6.20. The van der Waals surface area contributed by atoms with E-state index in [2.05, 4.69) is 48.6 Å². The van der Waals surface area contributed by atoms with Crippen molar-refractivity contribution in [3.63, 3.8) is 0 Å². The van der Waals surface area contributed by atoms with Gasteiger partial charge in [-0.05, 0) is 32.0 Å². The van der Waals surface area contributed by atoms with Gasteiger partial charge in [0.25, 0.3) is 0 Å². The maximum atomic E-state index is 5.95. The third-order valence-corrected chi connectivity index (χ3v) is 3.43. The van der Waals surface area contributed by atoms with E-state index in [1.165, 1.54) is 12.0 Å². The first-order chi connectivity index (χ1) is 8.33. The molecule has 3 rings (SSSR count).